The summed E-state index contributed by atoms with van der Waals surface area (Å²) in [5.74, 6) is -0.126. The normalized spacial score (nSPS) is 10.9. The van der Waals surface area contributed by atoms with Crippen molar-refractivity contribution in [2.45, 2.75) is 6.92 Å². The fraction of sp³-hybridized carbons (Fsp3) is 0.0833. The number of carbonyl (C=O) groups excluding carboxylic acids is 1. The molecular weight excluding hydrogens is 319 g/mol. The Labute approximate surface area is 128 Å². The largest absolute Gasteiger partial charge is 0.289 e. The van der Waals surface area contributed by atoms with Crippen LogP contribution in [-0.2, 0) is 0 Å². The average molecular weight is 327 g/mol. The van der Waals surface area contributed by atoms with Gasteiger partial charge in [-0.05, 0) is 25.1 Å². The van der Waals surface area contributed by atoms with E-state index in [0.717, 1.165) is 10.7 Å². The van der Waals surface area contributed by atoms with Gasteiger partial charge in [0.2, 0.25) is 4.96 Å². The maximum atomic E-state index is 12.1. The fourth-order valence-electron chi connectivity index (χ4n) is 1.69. The number of rotatable bonds is 2. The lowest BCUT2D eigenvalue weighted by Crippen LogP contribution is -2.13. The van der Waals surface area contributed by atoms with Gasteiger partial charge in [-0.1, -0.05) is 23.2 Å². The molecule has 0 unspecified atom stereocenters. The van der Waals surface area contributed by atoms with Gasteiger partial charge < -0.3 is 0 Å². The van der Waals surface area contributed by atoms with E-state index < -0.39 is 0 Å². The second-order valence-corrected chi connectivity index (χ2v) is 5.77. The Morgan fingerprint density at radius 3 is 2.90 bits per heavy atom. The second kappa shape index (κ2) is 5.05. The molecule has 0 bridgehead atoms. The molecule has 0 aliphatic carbocycles. The zero-order valence-electron chi connectivity index (χ0n) is 10.2. The third kappa shape index (κ3) is 2.37. The number of halogens is 2. The minimum atomic E-state index is -0.373. The summed E-state index contributed by atoms with van der Waals surface area (Å²) in [5.41, 5.74) is 1.29. The van der Waals surface area contributed by atoms with Gasteiger partial charge in [-0.2, -0.15) is 4.98 Å². The third-order valence-corrected chi connectivity index (χ3v) is 4.13. The Kier molecular flexibility index (Phi) is 3.37. The van der Waals surface area contributed by atoms with Crippen molar-refractivity contribution in [1.29, 1.82) is 0 Å². The molecule has 2 aromatic heterocycles. The van der Waals surface area contributed by atoms with Crippen LogP contribution in [0.15, 0.2) is 23.6 Å². The van der Waals surface area contributed by atoms with Crippen molar-refractivity contribution in [3.05, 3.63) is 44.9 Å². The predicted octanol–water partition coefficient (Wildman–Crippen LogP) is 3.66. The van der Waals surface area contributed by atoms with Crippen molar-refractivity contribution < 1.29 is 4.79 Å². The Morgan fingerprint density at radius 2 is 2.20 bits per heavy atom. The lowest BCUT2D eigenvalue weighted by molar-refractivity contribution is 0.102. The number of nitrogens with zero attached hydrogens (tertiary/aromatic N) is 3. The molecule has 0 atom stereocenters. The van der Waals surface area contributed by atoms with E-state index in [4.69, 9.17) is 23.2 Å². The van der Waals surface area contributed by atoms with Crippen molar-refractivity contribution in [3.63, 3.8) is 0 Å². The van der Waals surface area contributed by atoms with Gasteiger partial charge in [-0.3, -0.25) is 10.1 Å². The average Bonchev–Trinajstić information content (AvgIpc) is 2.91. The minimum absolute atomic E-state index is 0.246. The highest BCUT2D eigenvalue weighted by Crippen LogP contribution is 2.22. The van der Waals surface area contributed by atoms with E-state index >= 15 is 0 Å². The molecule has 102 valence electrons. The molecule has 0 aliphatic rings. The Bertz CT molecular complexity index is 811. The standard InChI is InChI=1S/C12H8Cl2N4OS/c1-6-5-20-12-16-11(17-18(6)12)15-10(19)8-3-2-7(13)4-9(8)14/h2-5H,1H3,(H,15,17,19). The molecule has 0 radical (unpaired) electrons. The molecule has 0 saturated carbocycles. The van der Waals surface area contributed by atoms with E-state index in [0.29, 0.717) is 10.6 Å². The van der Waals surface area contributed by atoms with Gasteiger partial charge in [0.25, 0.3) is 11.9 Å². The van der Waals surface area contributed by atoms with Crippen LogP contribution in [0.1, 0.15) is 16.1 Å². The topological polar surface area (TPSA) is 59.3 Å². The van der Waals surface area contributed by atoms with E-state index in [9.17, 15) is 4.79 Å². The molecule has 5 nitrogen and oxygen atoms in total. The summed E-state index contributed by atoms with van der Waals surface area (Å²) < 4.78 is 1.67. The van der Waals surface area contributed by atoms with E-state index in [2.05, 4.69) is 15.4 Å². The quantitative estimate of drug-likeness (QED) is 0.781. The van der Waals surface area contributed by atoms with Gasteiger partial charge in [-0.15, -0.1) is 16.4 Å². The van der Waals surface area contributed by atoms with Crippen LogP contribution >= 0.6 is 34.5 Å². The van der Waals surface area contributed by atoms with Gasteiger partial charge in [0, 0.05) is 10.4 Å². The third-order valence-electron chi connectivity index (χ3n) is 2.65. The SMILES string of the molecule is Cc1csc2nc(NC(=O)c3ccc(Cl)cc3Cl)nn12. The summed E-state index contributed by atoms with van der Waals surface area (Å²) in [6.07, 6.45) is 0. The Balaban J connectivity index is 1.88. The van der Waals surface area contributed by atoms with Crippen LogP contribution in [0, 0.1) is 6.92 Å². The van der Waals surface area contributed by atoms with Crippen molar-refractivity contribution in [3.8, 4) is 0 Å². The van der Waals surface area contributed by atoms with E-state index in [-0.39, 0.29) is 16.9 Å². The predicted molar refractivity (Wildman–Crippen MR) is 80.0 cm³/mol. The van der Waals surface area contributed by atoms with Gasteiger partial charge in [0.15, 0.2) is 0 Å². The molecular formula is C12H8Cl2N4OS. The second-order valence-electron chi connectivity index (χ2n) is 4.09. The zero-order chi connectivity index (χ0) is 14.3. The number of nitrogens with one attached hydrogen (secondary N) is 1. The number of thiazole rings is 1. The van der Waals surface area contributed by atoms with Gasteiger partial charge in [0.1, 0.15) is 0 Å². The summed E-state index contributed by atoms with van der Waals surface area (Å²) in [5, 5.41) is 9.52. The van der Waals surface area contributed by atoms with E-state index in [1.807, 2.05) is 12.3 Å². The molecule has 3 aromatic rings. The van der Waals surface area contributed by atoms with Crippen LogP contribution in [0.3, 0.4) is 0 Å². The van der Waals surface area contributed by atoms with Crippen molar-refractivity contribution >= 4 is 51.4 Å². The number of hydrogen-bond donors (Lipinski definition) is 1. The molecule has 0 saturated heterocycles. The Morgan fingerprint density at radius 1 is 1.40 bits per heavy atom. The number of aromatic nitrogens is 3. The maximum absolute atomic E-state index is 12.1. The van der Waals surface area contributed by atoms with Crippen LogP contribution in [0.2, 0.25) is 10.0 Å². The van der Waals surface area contributed by atoms with Gasteiger partial charge in [-0.25, -0.2) is 4.52 Å². The molecule has 1 aromatic carbocycles. The highest BCUT2D eigenvalue weighted by atomic mass is 35.5. The number of anilines is 1. The fourth-order valence-corrected chi connectivity index (χ4v) is 2.98. The number of fused-ring (bicyclic) bond motifs is 1. The first-order valence-corrected chi connectivity index (χ1v) is 7.25. The van der Waals surface area contributed by atoms with E-state index in [1.165, 1.54) is 17.4 Å². The zero-order valence-corrected chi connectivity index (χ0v) is 12.6. The van der Waals surface area contributed by atoms with Crippen LogP contribution < -0.4 is 5.32 Å². The summed E-state index contributed by atoms with van der Waals surface area (Å²) in [6.45, 7) is 1.92. The first kappa shape index (κ1) is 13.4. The lowest BCUT2D eigenvalue weighted by Gasteiger charge is -2.03. The summed E-state index contributed by atoms with van der Waals surface area (Å²) in [4.78, 5) is 17.0. The Hall–Kier alpha value is -1.63. The smallest absolute Gasteiger partial charge is 0.259 e. The number of hydrogen-bond acceptors (Lipinski definition) is 4. The van der Waals surface area contributed by atoms with Crippen molar-refractivity contribution in [1.82, 2.24) is 14.6 Å². The molecule has 2 heterocycles. The number of amides is 1. The first-order chi connectivity index (χ1) is 9.54. The van der Waals surface area contributed by atoms with Gasteiger partial charge >= 0.3 is 0 Å². The lowest BCUT2D eigenvalue weighted by atomic mass is 10.2. The summed E-state index contributed by atoms with van der Waals surface area (Å²) >= 11 is 13.2. The van der Waals surface area contributed by atoms with Crippen LogP contribution in [0.25, 0.3) is 4.96 Å². The van der Waals surface area contributed by atoms with E-state index in [1.54, 1.807) is 16.6 Å². The minimum Gasteiger partial charge on any atom is -0.289 e. The number of aryl methyl sites for hydroxylation is 1. The summed E-state index contributed by atoms with van der Waals surface area (Å²) in [7, 11) is 0. The number of benzene rings is 1. The first-order valence-electron chi connectivity index (χ1n) is 5.62. The highest BCUT2D eigenvalue weighted by molar-refractivity contribution is 7.15. The van der Waals surface area contributed by atoms with Gasteiger partial charge in [0.05, 0.1) is 16.3 Å². The van der Waals surface area contributed by atoms with Crippen LogP contribution in [-0.4, -0.2) is 20.5 Å². The molecule has 0 fully saturated rings. The van der Waals surface area contributed by atoms with Crippen molar-refractivity contribution in [2.75, 3.05) is 5.32 Å². The molecule has 3 rings (SSSR count). The van der Waals surface area contributed by atoms with Crippen molar-refractivity contribution in [2.24, 2.45) is 0 Å². The maximum Gasteiger partial charge on any atom is 0.259 e. The molecule has 1 N–H and O–H groups in total. The molecule has 0 spiro atoms. The monoisotopic (exact) mass is 326 g/mol. The molecule has 0 aliphatic heterocycles. The molecule has 8 heteroatoms. The molecule has 1 amide bonds. The molecule has 20 heavy (non-hydrogen) atoms. The summed E-state index contributed by atoms with van der Waals surface area (Å²) in [6, 6.07) is 4.68. The highest BCUT2D eigenvalue weighted by Gasteiger charge is 2.14. The van der Waals surface area contributed by atoms with Crippen LogP contribution in [0.4, 0.5) is 5.95 Å². The number of carbonyl (C=O) groups is 1. The van der Waals surface area contributed by atoms with Crippen LogP contribution in [0.5, 0.6) is 0 Å².